The van der Waals surface area contributed by atoms with E-state index in [2.05, 4.69) is 16.9 Å². The largest absolute Gasteiger partial charge is 0.339 e. The molecule has 1 rings (SSSR count). The second kappa shape index (κ2) is 6.40. The monoisotopic (exact) mass is 239 g/mol. The fraction of sp³-hybridized carbons (Fsp3) is 0.455. The number of carbonyl (C=O) groups is 1. The summed E-state index contributed by atoms with van der Waals surface area (Å²) < 4.78 is 0. The Labute approximate surface area is 100.0 Å². The highest BCUT2D eigenvalue weighted by molar-refractivity contribution is 7.09. The van der Waals surface area contributed by atoms with Gasteiger partial charge in [0.1, 0.15) is 0 Å². The molecule has 0 saturated carbocycles. The maximum atomic E-state index is 11.6. The van der Waals surface area contributed by atoms with E-state index in [0.717, 1.165) is 10.7 Å². The molecule has 0 spiro atoms. The minimum absolute atomic E-state index is 0.0625. The van der Waals surface area contributed by atoms with Crippen molar-refractivity contribution in [3.63, 3.8) is 0 Å². The van der Waals surface area contributed by atoms with Crippen LogP contribution >= 0.6 is 11.3 Å². The van der Waals surface area contributed by atoms with E-state index in [0.29, 0.717) is 19.6 Å². The highest BCUT2D eigenvalue weighted by Gasteiger charge is 2.09. The molecule has 1 aromatic heterocycles. The number of nitrogens with zero attached hydrogens (tertiary/aromatic N) is 2. The van der Waals surface area contributed by atoms with Gasteiger partial charge in [0, 0.05) is 19.0 Å². The van der Waals surface area contributed by atoms with Crippen molar-refractivity contribution in [1.82, 2.24) is 15.2 Å². The van der Waals surface area contributed by atoms with Gasteiger partial charge in [-0.25, -0.2) is 4.98 Å². The molecule has 4 nitrogen and oxygen atoms in total. The van der Waals surface area contributed by atoms with Gasteiger partial charge in [-0.3, -0.25) is 4.79 Å². The summed E-state index contributed by atoms with van der Waals surface area (Å²) in [6.07, 6.45) is 1.73. The number of hydrogen-bond donors (Lipinski definition) is 1. The zero-order chi connectivity index (χ0) is 12.0. The van der Waals surface area contributed by atoms with E-state index in [1.165, 1.54) is 0 Å². The first-order valence-electron chi connectivity index (χ1n) is 5.10. The SMILES string of the molecule is C=CCNCC(=O)N(C)Cc1csc(C)n1. The summed E-state index contributed by atoms with van der Waals surface area (Å²) in [5.41, 5.74) is 0.946. The van der Waals surface area contributed by atoms with Crippen LogP contribution in [0.2, 0.25) is 0 Å². The fourth-order valence-electron chi connectivity index (χ4n) is 1.23. The van der Waals surface area contributed by atoms with Crippen LogP contribution in [0.4, 0.5) is 0 Å². The number of rotatable bonds is 6. The summed E-state index contributed by atoms with van der Waals surface area (Å²) in [4.78, 5) is 17.6. The Balaban J connectivity index is 2.36. The van der Waals surface area contributed by atoms with Gasteiger partial charge in [-0.1, -0.05) is 6.08 Å². The minimum atomic E-state index is 0.0625. The van der Waals surface area contributed by atoms with Crippen molar-refractivity contribution in [2.75, 3.05) is 20.1 Å². The van der Waals surface area contributed by atoms with Crippen LogP contribution in [-0.2, 0) is 11.3 Å². The predicted octanol–water partition coefficient (Wildman–Crippen LogP) is 1.19. The Bertz CT molecular complexity index is 362. The molecule has 0 saturated heterocycles. The number of hydrogen-bond acceptors (Lipinski definition) is 4. The average Bonchev–Trinajstić information content (AvgIpc) is 2.64. The predicted molar refractivity (Wildman–Crippen MR) is 66.4 cm³/mol. The first-order chi connectivity index (χ1) is 7.63. The molecule has 5 heteroatoms. The van der Waals surface area contributed by atoms with Crippen LogP contribution in [0.15, 0.2) is 18.0 Å². The Morgan fingerprint density at radius 1 is 1.75 bits per heavy atom. The third-order valence-electron chi connectivity index (χ3n) is 2.06. The molecule has 0 unspecified atom stereocenters. The first-order valence-corrected chi connectivity index (χ1v) is 5.98. The summed E-state index contributed by atoms with van der Waals surface area (Å²) >= 11 is 1.60. The van der Waals surface area contributed by atoms with E-state index >= 15 is 0 Å². The number of nitrogens with one attached hydrogen (secondary N) is 1. The number of carbonyl (C=O) groups excluding carboxylic acids is 1. The molecular weight excluding hydrogens is 222 g/mol. The molecule has 1 heterocycles. The van der Waals surface area contributed by atoms with Gasteiger partial charge in [-0.15, -0.1) is 17.9 Å². The lowest BCUT2D eigenvalue weighted by molar-refractivity contribution is -0.129. The van der Waals surface area contributed by atoms with Crippen molar-refractivity contribution in [2.24, 2.45) is 0 Å². The zero-order valence-electron chi connectivity index (χ0n) is 9.69. The van der Waals surface area contributed by atoms with Gasteiger partial charge in [0.25, 0.3) is 0 Å². The Kier molecular flexibility index (Phi) is 5.14. The Morgan fingerprint density at radius 2 is 2.50 bits per heavy atom. The molecule has 0 aliphatic heterocycles. The molecule has 0 bridgehead atoms. The molecule has 0 atom stereocenters. The summed E-state index contributed by atoms with van der Waals surface area (Å²) in [6, 6.07) is 0. The summed E-state index contributed by atoms with van der Waals surface area (Å²) in [7, 11) is 1.78. The van der Waals surface area contributed by atoms with Crippen molar-refractivity contribution in [3.8, 4) is 0 Å². The normalized spacial score (nSPS) is 10.1. The van der Waals surface area contributed by atoms with Crippen molar-refractivity contribution in [2.45, 2.75) is 13.5 Å². The van der Waals surface area contributed by atoms with Crippen LogP contribution in [0.5, 0.6) is 0 Å². The number of aryl methyl sites for hydroxylation is 1. The smallest absolute Gasteiger partial charge is 0.236 e. The Hall–Kier alpha value is -1.20. The van der Waals surface area contributed by atoms with Gasteiger partial charge in [0.15, 0.2) is 0 Å². The third-order valence-corrected chi connectivity index (χ3v) is 2.88. The highest BCUT2D eigenvalue weighted by atomic mass is 32.1. The van der Waals surface area contributed by atoms with Crippen LogP contribution in [-0.4, -0.2) is 35.9 Å². The van der Waals surface area contributed by atoms with Gasteiger partial charge in [0.05, 0.1) is 23.8 Å². The average molecular weight is 239 g/mol. The lowest BCUT2D eigenvalue weighted by Gasteiger charge is -2.15. The highest BCUT2D eigenvalue weighted by Crippen LogP contribution is 2.09. The van der Waals surface area contributed by atoms with Crippen molar-refractivity contribution < 1.29 is 4.79 Å². The number of amides is 1. The fourth-order valence-corrected chi connectivity index (χ4v) is 1.83. The molecule has 88 valence electrons. The minimum Gasteiger partial charge on any atom is -0.339 e. The van der Waals surface area contributed by atoms with Crippen LogP contribution in [0, 0.1) is 6.92 Å². The van der Waals surface area contributed by atoms with Gasteiger partial charge in [0.2, 0.25) is 5.91 Å². The van der Waals surface area contributed by atoms with Crippen molar-refractivity contribution in [1.29, 1.82) is 0 Å². The molecule has 0 aliphatic rings. The maximum Gasteiger partial charge on any atom is 0.236 e. The molecule has 16 heavy (non-hydrogen) atoms. The second-order valence-electron chi connectivity index (χ2n) is 3.53. The Morgan fingerprint density at radius 3 is 3.06 bits per heavy atom. The van der Waals surface area contributed by atoms with E-state index in [-0.39, 0.29) is 5.91 Å². The van der Waals surface area contributed by atoms with Crippen LogP contribution in [0.25, 0.3) is 0 Å². The topological polar surface area (TPSA) is 45.2 Å². The van der Waals surface area contributed by atoms with Crippen molar-refractivity contribution in [3.05, 3.63) is 28.7 Å². The van der Waals surface area contributed by atoms with Crippen LogP contribution in [0.3, 0.4) is 0 Å². The van der Waals surface area contributed by atoms with E-state index in [9.17, 15) is 4.79 Å². The summed E-state index contributed by atoms with van der Waals surface area (Å²) in [6.45, 7) is 7.09. The second-order valence-corrected chi connectivity index (χ2v) is 4.59. The first kappa shape index (κ1) is 12.9. The van der Waals surface area contributed by atoms with E-state index < -0.39 is 0 Å². The maximum absolute atomic E-state index is 11.6. The zero-order valence-corrected chi connectivity index (χ0v) is 10.5. The molecule has 0 fully saturated rings. The van der Waals surface area contributed by atoms with Gasteiger partial charge in [-0.05, 0) is 6.92 Å². The van der Waals surface area contributed by atoms with Gasteiger partial charge in [-0.2, -0.15) is 0 Å². The lowest BCUT2D eigenvalue weighted by atomic mass is 10.4. The van der Waals surface area contributed by atoms with Gasteiger partial charge >= 0.3 is 0 Å². The summed E-state index contributed by atoms with van der Waals surface area (Å²) in [5, 5.41) is 5.99. The molecular formula is C11H17N3OS. The molecule has 1 amide bonds. The number of likely N-dealkylation sites (N-methyl/N-ethyl adjacent to an activating group) is 1. The third kappa shape index (κ3) is 4.12. The molecule has 1 aromatic rings. The number of aromatic nitrogens is 1. The summed E-state index contributed by atoms with van der Waals surface area (Å²) in [5.74, 6) is 0.0625. The lowest BCUT2D eigenvalue weighted by Crippen LogP contribution is -2.35. The van der Waals surface area contributed by atoms with Crippen LogP contribution in [0.1, 0.15) is 10.7 Å². The van der Waals surface area contributed by atoms with Crippen LogP contribution < -0.4 is 5.32 Å². The molecule has 0 radical (unpaired) electrons. The molecule has 1 N–H and O–H groups in total. The van der Waals surface area contributed by atoms with E-state index in [4.69, 9.17) is 0 Å². The van der Waals surface area contributed by atoms with Gasteiger partial charge < -0.3 is 10.2 Å². The quantitative estimate of drug-likeness (QED) is 0.599. The molecule has 0 aromatic carbocycles. The van der Waals surface area contributed by atoms with E-state index in [1.807, 2.05) is 12.3 Å². The standard InChI is InChI=1S/C11H17N3OS/c1-4-5-12-6-11(15)14(3)7-10-8-16-9(2)13-10/h4,8,12H,1,5-7H2,2-3H3. The van der Waals surface area contributed by atoms with Crippen molar-refractivity contribution >= 4 is 17.2 Å². The van der Waals surface area contributed by atoms with E-state index in [1.54, 1.807) is 29.4 Å². The number of thiazole rings is 1. The molecule has 0 aliphatic carbocycles.